The smallest absolute Gasteiger partial charge is 0.165 e. The van der Waals surface area contributed by atoms with E-state index in [1.54, 1.807) is 6.20 Å². The summed E-state index contributed by atoms with van der Waals surface area (Å²) in [5, 5.41) is 3.43. The molecule has 1 aliphatic carbocycles. The van der Waals surface area contributed by atoms with Gasteiger partial charge in [0.25, 0.3) is 0 Å². The van der Waals surface area contributed by atoms with Crippen LogP contribution in [0.3, 0.4) is 0 Å². The average molecular weight is 517 g/mol. The number of imidazole rings is 1. The molecule has 4 heterocycles. The van der Waals surface area contributed by atoms with Gasteiger partial charge in [-0.25, -0.2) is 15.0 Å². The van der Waals surface area contributed by atoms with Crippen LogP contribution in [0.1, 0.15) is 24.8 Å². The molecule has 1 aliphatic heterocycles. The van der Waals surface area contributed by atoms with Crippen LogP contribution in [0, 0.1) is 0 Å². The Labute approximate surface area is 227 Å². The van der Waals surface area contributed by atoms with Gasteiger partial charge < -0.3 is 21.7 Å². The minimum Gasteiger partial charge on any atom is -0.383 e. The van der Waals surface area contributed by atoms with Crippen LogP contribution < -0.4 is 21.7 Å². The predicted molar refractivity (Wildman–Crippen MR) is 157 cm³/mol. The molecular weight excluding hydrogens is 484 g/mol. The van der Waals surface area contributed by atoms with Crippen LogP contribution in [-0.4, -0.2) is 45.7 Å². The Morgan fingerprint density at radius 2 is 1.67 bits per heavy atom. The molecule has 0 atom stereocenters. The van der Waals surface area contributed by atoms with Crippen molar-refractivity contribution in [3.8, 4) is 28.3 Å². The van der Waals surface area contributed by atoms with E-state index >= 15 is 0 Å². The van der Waals surface area contributed by atoms with Crippen molar-refractivity contribution in [1.82, 2.24) is 24.8 Å². The van der Waals surface area contributed by atoms with E-state index in [9.17, 15) is 0 Å². The number of anilines is 2. The second kappa shape index (κ2) is 9.48. The second-order valence-electron chi connectivity index (χ2n) is 10.6. The molecule has 8 heteroatoms. The van der Waals surface area contributed by atoms with Crippen molar-refractivity contribution in [2.45, 2.75) is 24.8 Å². The van der Waals surface area contributed by atoms with Gasteiger partial charge in [0.1, 0.15) is 11.3 Å². The lowest BCUT2D eigenvalue weighted by Crippen LogP contribution is -2.43. The number of hydrogen-bond donors (Lipinski definition) is 3. The molecule has 0 bridgehead atoms. The number of nitrogens with two attached hydrogens (primary N) is 2. The zero-order valence-corrected chi connectivity index (χ0v) is 21.8. The number of nitrogen functional groups attached to an aromatic ring is 1. The molecule has 1 saturated carbocycles. The summed E-state index contributed by atoms with van der Waals surface area (Å²) >= 11 is 0. The molecule has 7 rings (SSSR count). The van der Waals surface area contributed by atoms with Crippen LogP contribution in [0.4, 0.5) is 11.5 Å². The Morgan fingerprint density at radius 3 is 2.41 bits per heavy atom. The minimum absolute atomic E-state index is 0.215. The zero-order valence-electron chi connectivity index (χ0n) is 21.8. The van der Waals surface area contributed by atoms with Gasteiger partial charge in [-0.2, -0.15) is 0 Å². The molecule has 0 radical (unpaired) electrons. The second-order valence-corrected chi connectivity index (χ2v) is 10.6. The highest BCUT2D eigenvalue weighted by Crippen LogP contribution is 2.39. The summed E-state index contributed by atoms with van der Waals surface area (Å²) in [6.45, 7) is 3.99. The van der Waals surface area contributed by atoms with Crippen LogP contribution in [0.25, 0.3) is 39.5 Å². The number of nitrogens with zero attached hydrogens (tertiary/aromatic N) is 5. The van der Waals surface area contributed by atoms with Crippen molar-refractivity contribution in [1.29, 1.82) is 0 Å². The molecule has 0 spiro atoms. The van der Waals surface area contributed by atoms with Crippen molar-refractivity contribution in [3.05, 3.63) is 84.6 Å². The number of hydrogen-bond acceptors (Lipinski definition) is 7. The Morgan fingerprint density at radius 1 is 0.846 bits per heavy atom. The minimum atomic E-state index is -0.215. The molecule has 196 valence electrons. The molecule has 0 amide bonds. The Kier molecular flexibility index (Phi) is 5.79. The van der Waals surface area contributed by atoms with E-state index in [-0.39, 0.29) is 5.54 Å². The monoisotopic (exact) mass is 516 g/mol. The molecule has 5 aromatic rings. The van der Waals surface area contributed by atoms with E-state index in [2.05, 4.69) is 68.3 Å². The van der Waals surface area contributed by atoms with Gasteiger partial charge in [0.2, 0.25) is 0 Å². The van der Waals surface area contributed by atoms with Crippen molar-refractivity contribution in [3.63, 3.8) is 0 Å². The zero-order chi connectivity index (χ0) is 26.4. The fraction of sp³-hybridized carbons (Fsp3) is 0.258. The van der Waals surface area contributed by atoms with Gasteiger partial charge in [-0.1, -0.05) is 24.3 Å². The number of nitrogens with one attached hydrogen (secondary N) is 1. The summed E-state index contributed by atoms with van der Waals surface area (Å²) in [4.78, 5) is 16.9. The molecule has 8 nitrogen and oxygen atoms in total. The van der Waals surface area contributed by atoms with Crippen LogP contribution in [-0.2, 0) is 5.54 Å². The quantitative estimate of drug-likeness (QED) is 0.316. The number of fused-ring (bicyclic) bond motifs is 1. The van der Waals surface area contributed by atoms with E-state index in [1.165, 1.54) is 17.7 Å². The highest BCUT2D eigenvalue weighted by atomic mass is 15.2. The Balaban J connectivity index is 1.36. The first-order valence-electron chi connectivity index (χ1n) is 13.7. The highest BCUT2D eigenvalue weighted by molar-refractivity contribution is 5.84. The summed E-state index contributed by atoms with van der Waals surface area (Å²) in [7, 11) is 0. The number of pyridine rings is 2. The molecule has 2 aliphatic rings. The van der Waals surface area contributed by atoms with E-state index in [0.717, 1.165) is 72.7 Å². The van der Waals surface area contributed by atoms with Crippen LogP contribution in [0.2, 0.25) is 0 Å². The summed E-state index contributed by atoms with van der Waals surface area (Å²) in [5.74, 6) is 1.15. The SMILES string of the molecule is Nc1ncccc1-c1nc2ccc(-c3cccc(N4CCNCC4)c3)nc2n1-c1ccc(C2(N)CCC2)cc1. The highest BCUT2D eigenvalue weighted by Gasteiger charge is 2.34. The lowest BCUT2D eigenvalue weighted by molar-refractivity contribution is 0.253. The summed E-state index contributed by atoms with van der Waals surface area (Å²) in [6, 6.07) is 25.1. The fourth-order valence-electron chi connectivity index (χ4n) is 5.72. The lowest BCUT2D eigenvalue weighted by atomic mass is 9.73. The summed E-state index contributed by atoms with van der Waals surface area (Å²) < 4.78 is 2.08. The third-order valence-electron chi connectivity index (χ3n) is 8.15. The summed E-state index contributed by atoms with van der Waals surface area (Å²) in [6.07, 6.45) is 4.92. The van der Waals surface area contributed by atoms with Gasteiger partial charge >= 0.3 is 0 Å². The molecule has 5 N–H and O–H groups in total. The molecule has 39 heavy (non-hydrogen) atoms. The standard InChI is InChI=1S/C31H32N8/c32-28-25(6-2-15-35-28)29-37-27-12-11-26(21-4-1-5-24(20-21)38-18-16-34-17-19-38)36-30(27)39(29)23-9-7-22(8-10-23)31(33)13-3-14-31/h1-2,4-12,15,20,34H,3,13-14,16-19,33H2,(H2,32,35). The third-order valence-corrected chi connectivity index (χ3v) is 8.15. The molecule has 3 aromatic heterocycles. The molecule has 2 aromatic carbocycles. The van der Waals surface area contributed by atoms with Gasteiger partial charge in [-0.3, -0.25) is 4.57 Å². The van der Waals surface area contributed by atoms with Crippen LogP contribution in [0.15, 0.2) is 79.0 Å². The van der Waals surface area contributed by atoms with Crippen molar-refractivity contribution >= 4 is 22.7 Å². The van der Waals surface area contributed by atoms with Gasteiger partial charge in [-0.05, 0) is 73.4 Å². The van der Waals surface area contributed by atoms with E-state index in [1.807, 2.05) is 24.3 Å². The predicted octanol–water partition coefficient (Wildman–Crippen LogP) is 4.48. The largest absolute Gasteiger partial charge is 0.383 e. The lowest BCUT2D eigenvalue weighted by Gasteiger charge is -2.38. The number of benzene rings is 2. The maximum Gasteiger partial charge on any atom is 0.165 e. The molecule has 2 fully saturated rings. The van der Waals surface area contributed by atoms with Gasteiger partial charge in [0.05, 0.1) is 11.3 Å². The molecule has 1 saturated heterocycles. The molecule has 0 unspecified atom stereocenters. The number of aromatic nitrogens is 4. The number of piperazine rings is 1. The first kappa shape index (κ1) is 23.8. The van der Waals surface area contributed by atoms with E-state index in [4.69, 9.17) is 21.4 Å². The van der Waals surface area contributed by atoms with E-state index < -0.39 is 0 Å². The summed E-state index contributed by atoms with van der Waals surface area (Å²) in [5.41, 5.74) is 20.4. The number of rotatable bonds is 5. The van der Waals surface area contributed by atoms with Crippen molar-refractivity contribution < 1.29 is 0 Å². The van der Waals surface area contributed by atoms with Gasteiger partial charge in [-0.15, -0.1) is 0 Å². The normalized spacial score (nSPS) is 16.8. The third kappa shape index (κ3) is 4.22. The fourth-order valence-corrected chi connectivity index (χ4v) is 5.72. The van der Waals surface area contributed by atoms with Crippen LogP contribution in [0.5, 0.6) is 0 Å². The van der Waals surface area contributed by atoms with Gasteiger partial charge in [0, 0.05) is 54.9 Å². The van der Waals surface area contributed by atoms with Crippen molar-refractivity contribution in [2.24, 2.45) is 5.73 Å². The maximum absolute atomic E-state index is 6.61. The maximum atomic E-state index is 6.61. The van der Waals surface area contributed by atoms with E-state index in [0.29, 0.717) is 11.6 Å². The topological polar surface area (TPSA) is 111 Å². The first-order valence-corrected chi connectivity index (χ1v) is 13.7. The Hall–Kier alpha value is -4.27. The first-order chi connectivity index (χ1) is 19.1. The average Bonchev–Trinajstić information content (AvgIpc) is 3.35. The van der Waals surface area contributed by atoms with Crippen molar-refractivity contribution in [2.75, 3.05) is 36.8 Å². The van der Waals surface area contributed by atoms with Crippen LogP contribution >= 0.6 is 0 Å². The molecular formula is C31H32N8. The van der Waals surface area contributed by atoms with Gasteiger partial charge in [0.15, 0.2) is 11.5 Å². The Bertz CT molecular complexity index is 1650.